The Bertz CT molecular complexity index is 383. The average Bonchev–Trinajstić information content (AvgIpc) is 2.46. The summed E-state index contributed by atoms with van der Waals surface area (Å²) in [7, 11) is -3.31. The van der Waals surface area contributed by atoms with Crippen molar-refractivity contribution in [1.82, 2.24) is 4.72 Å². The van der Waals surface area contributed by atoms with Gasteiger partial charge in [0.1, 0.15) is 0 Å². The van der Waals surface area contributed by atoms with Crippen LogP contribution in [0.2, 0.25) is 0 Å². The third kappa shape index (κ3) is 5.04. The molecule has 6 heteroatoms. The van der Waals surface area contributed by atoms with Gasteiger partial charge in [0.25, 0.3) is 0 Å². The van der Waals surface area contributed by atoms with Crippen LogP contribution in [-0.2, 0) is 14.8 Å². The van der Waals surface area contributed by atoms with Gasteiger partial charge in [0.2, 0.25) is 10.0 Å². The highest BCUT2D eigenvalue weighted by atomic mass is 32.2. The van der Waals surface area contributed by atoms with Gasteiger partial charge in [-0.3, -0.25) is 4.79 Å². The zero-order valence-electron chi connectivity index (χ0n) is 10.6. The van der Waals surface area contributed by atoms with Crippen molar-refractivity contribution in [2.75, 3.05) is 5.75 Å². The number of rotatable bonds is 4. The topological polar surface area (TPSA) is 83.5 Å². The molecule has 0 saturated heterocycles. The molecule has 1 rings (SSSR count). The Kier molecular flexibility index (Phi) is 4.19. The zero-order valence-corrected chi connectivity index (χ0v) is 11.4. The first-order chi connectivity index (χ1) is 7.59. The SMILES string of the molecule is CC(C)(C)CS(=O)(=O)N[C@H]1CC[C@@H](C(=O)O)C1. The minimum atomic E-state index is -3.31. The number of carboxylic acid groups (broad SMARTS) is 1. The first-order valence-corrected chi connectivity index (χ1v) is 7.47. The lowest BCUT2D eigenvalue weighted by molar-refractivity contribution is -0.141. The van der Waals surface area contributed by atoms with Crippen molar-refractivity contribution in [3.63, 3.8) is 0 Å². The molecular weight excluding hydrogens is 242 g/mol. The third-order valence-corrected chi connectivity index (χ3v) is 4.69. The van der Waals surface area contributed by atoms with E-state index < -0.39 is 21.9 Å². The van der Waals surface area contributed by atoms with Gasteiger partial charge < -0.3 is 5.11 Å². The number of sulfonamides is 1. The Morgan fingerprint density at radius 3 is 2.35 bits per heavy atom. The Morgan fingerprint density at radius 2 is 1.94 bits per heavy atom. The van der Waals surface area contributed by atoms with E-state index in [9.17, 15) is 13.2 Å². The van der Waals surface area contributed by atoms with Crippen LogP contribution in [0.25, 0.3) is 0 Å². The molecule has 0 unspecified atom stereocenters. The molecule has 17 heavy (non-hydrogen) atoms. The summed E-state index contributed by atoms with van der Waals surface area (Å²) < 4.78 is 26.2. The van der Waals surface area contributed by atoms with Crippen LogP contribution in [0.15, 0.2) is 0 Å². The highest BCUT2D eigenvalue weighted by Crippen LogP contribution is 2.26. The van der Waals surface area contributed by atoms with Crippen molar-refractivity contribution in [1.29, 1.82) is 0 Å². The summed E-state index contributed by atoms with van der Waals surface area (Å²) >= 11 is 0. The van der Waals surface area contributed by atoms with E-state index in [4.69, 9.17) is 5.11 Å². The summed E-state index contributed by atoms with van der Waals surface area (Å²) in [6.45, 7) is 5.59. The van der Waals surface area contributed by atoms with E-state index in [1.54, 1.807) is 0 Å². The van der Waals surface area contributed by atoms with Crippen LogP contribution in [0.3, 0.4) is 0 Å². The molecule has 0 radical (unpaired) electrons. The third-order valence-electron chi connectivity index (χ3n) is 2.75. The molecule has 0 heterocycles. The second-order valence-electron chi connectivity index (χ2n) is 5.98. The summed E-state index contributed by atoms with van der Waals surface area (Å²) in [5.41, 5.74) is -0.295. The lowest BCUT2D eigenvalue weighted by Gasteiger charge is -2.20. The number of hydrogen-bond donors (Lipinski definition) is 2. The standard InChI is InChI=1S/C11H21NO4S/c1-11(2,3)7-17(15,16)12-9-5-4-8(6-9)10(13)14/h8-9,12H,4-7H2,1-3H3,(H,13,14)/t8-,9+/m1/s1. The molecule has 0 aliphatic heterocycles. The van der Waals surface area contributed by atoms with Crippen LogP contribution in [0.4, 0.5) is 0 Å². The van der Waals surface area contributed by atoms with E-state index in [0.29, 0.717) is 19.3 Å². The number of carboxylic acids is 1. The van der Waals surface area contributed by atoms with Gasteiger partial charge in [0.15, 0.2) is 0 Å². The maximum Gasteiger partial charge on any atom is 0.306 e. The van der Waals surface area contributed by atoms with E-state index in [-0.39, 0.29) is 17.2 Å². The van der Waals surface area contributed by atoms with Gasteiger partial charge in [-0.25, -0.2) is 13.1 Å². The van der Waals surface area contributed by atoms with Crippen molar-refractivity contribution in [2.24, 2.45) is 11.3 Å². The highest BCUT2D eigenvalue weighted by Gasteiger charge is 2.33. The maximum atomic E-state index is 11.8. The smallest absolute Gasteiger partial charge is 0.306 e. The maximum absolute atomic E-state index is 11.8. The fraction of sp³-hybridized carbons (Fsp3) is 0.909. The summed E-state index contributed by atoms with van der Waals surface area (Å²) in [6, 6.07) is -0.219. The monoisotopic (exact) mass is 263 g/mol. The summed E-state index contributed by atoms with van der Waals surface area (Å²) in [5, 5.41) is 8.84. The Labute approximate surface area is 103 Å². The Balaban J connectivity index is 2.53. The lowest BCUT2D eigenvalue weighted by Crippen LogP contribution is -2.38. The van der Waals surface area contributed by atoms with Crippen molar-refractivity contribution in [2.45, 2.75) is 46.1 Å². The molecule has 1 fully saturated rings. The minimum absolute atomic E-state index is 0.0637. The fourth-order valence-electron chi connectivity index (χ4n) is 2.18. The summed E-state index contributed by atoms with van der Waals surface area (Å²) in [5.74, 6) is -1.17. The van der Waals surface area contributed by atoms with Crippen LogP contribution >= 0.6 is 0 Å². The Morgan fingerprint density at radius 1 is 1.35 bits per heavy atom. The largest absolute Gasteiger partial charge is 0.481 e. The zero-order chi connectivity index (χ0) is 13.3. The van der Waals surface area contributed by atoms with Crippen LogP contribution in [0.1, 0.15) is 40.0 Å². The molecule has 0 aromatic rings. The molecule has 0 aromatic carbocycles. The summed E-state index contributed by atoms with van der Waals surface area (Å²) in [6.07, 6.45) is 1.57. The van der Waals surface area contributed by atoms with Gasteiger partial charge >= 0.3 is 5.97 Å². The molecule has 0 aromatic heterocycles. The number of carbonyl (C=O) groups is 1. The average molecular weight is 263 g/mol. The molecule has 100 valence electrons. The van der Waals surface area contributed by atoms with E-state index in [1.165, 1.54) is 0 Å². The quantitative estimate of drug-likeness (QED) is 0.798. The lowest BCUT2D eigenvalue weighted by atomic mass is 10.0. The second kappa shape index (κ2) is 4.94. The van der Waals surface area contributed by atoms with Gasteiger partial charge in [-0.2, -0.15) is 0 Å². The molecule has 2 N–H and O–H groups in total. The molecule has 0 bridgehead atoms. The van der Waals surface area contributed by atoms with Crippen molar-refractivity contribution >= 4 is 16.0 Å². The molecular formula is C11H21NO4S. The second-order valence-corrected chi connectivity index (χ2v) is 7.74. The molecule has 1 saturated carbocycles. The van der Waals surface area contributed by atoms with Crippen LogP contribution in [0, 0.1) is 11.3 Å². The predicted octanol–water partition coefficient (Wildman–Crippen LogP) is 1.21. The first kappa shape index (κ1) is 14.4. The van der Waals surface area contributed by atoms with Crippen LogP contribution < -0.4 is 4.72 Å². The van der Waals surface area contributed by atoms with Crippen LogP contribution in [-0.4, -0.2) is 31.3 Å². The van der Waals surface area contributed by atoms with Gasteiger partial charge in [0, 0.05) is 6.04 Å². The van der Waals surface area contributed by atoms with Gasteiger partial charge in [-0.1, -0.05) is 20.8 Å². The first-order valence-electron chi connectivity index (χ1n) is 5.82. The Hall–Kier alpha value is -0.620. The minimum Gasteiger partial charge on any atom is -0.481 e. The van der Waals surface area contributed by atoms with E-state index in [1.807, 2.05) is 20.8 Å². The van der Waals surface area contributed by atoms with E-state index >= 15 is 0 Å². The molecule has 2 atom stereocenters. The predicted molar refractivity (Wildman–Crippen MR) is 65.1 cm³/mol. The normalized spacial score (nSPS) is 26.1. The van der Waals surface area contributed by atoms with Crippen molar-refractivity contribution in [3.05, 3.63) is 0 Å². The van der Waals surface area contributed by atoms with Gasteiger partial charge in [-0.15, -0.1) is 0 Å². The summed E-state index contributed by atoms with van der Waals surface area (Å²) in [4.78, 5) is 10.8. The van der Waals surface area contributed by atoms with Gasteiger partial charge in [0.05, 0.1) is 11.7 Å². The molecule has 1 aliphatic rings. The number of hydrogen-bond acceptors (Lipinski definition) is 3. The molecule has 0 amide bonds. The van der Waals surface area contributed by atoms with Gasteiger partial charge in [-0.05, 0) is 24.7 Å². The highest BCUT2D eigenvalue weighted by molar-refractivity contribution is 7.89. The number of nitrogens with one attached hydrogen (secondary N) is 1. The van der Waals surface area contributed by atoms with Crippen molar-refractivity contribution < 1.29 is 18.3 Å². The number of aliphatic carboxylic acids is 1. The molecule has 0 spiro atoms. The molecule has 5 nitrogen and oxygen atoms in total. The molecule has 1 aliphatic carbocycles. The fourth-order valence-corrected chi connectivity index (χ4v) is 4.12. The van der Waals surface area contributed by atoms with E-state index in [2.05, 4.69) is 4.72 Å². The van der Waals surface area contributed by atoms with Crippen LogP contribution in [0.5, 0.6) is 0 Å². The van der Waals surface area contributed by atoms with Crippen molar-refractivity contribution in [3.8, 4) is 0 Å². The van der Waals surface area contributed by atoms with E-state index in [0.717, 1.165) is 0 Å².